The van der Waals surface area contributed by atoms with Crippen LogP contribution >= 0.6 is 0 Å². The maximum atomic E-state index is 11.5. The average Bonchev–Trinajstić information content (AvgIpc) is 2.68. The minimum Gasteiger partial charge on any atom is -0.463 e. The van der Waals surface area contributed by atoms with Crippen molar-refractivity contribution < 1.29 is 37.2 Å². The lowest BCUT2D eigenvalue weighted by molar-refractivity contribution is -0.155. The first-order valence-corrected chi connectivity index (χ1v) is 12.8. The van der Waals surface area contributed by atoms with E-state index in [2.05, 4.69) is 5.32 Å². The third-order valence-electron chi connectivity index (χ3n) is 4.92. The summed E-state index contributed by atoms with van der Waals surface area (Å²) in [6.45, 7) is 16.1. The minimum atomic E-state index is -4.07. The quantitative estimate of drug-likeness (QED) is 0.248. The highest BCUT2D eigenvalue weighted by Gasteiger charge is 2.28. The van der Waals surface area contributed by atoms with Crippen molar-refractivity contribution in [3.8, 4) is 0 Å². The van der Waals surface area contributed by atoms with Gasteiger partial charge in [0, 0.05) is 11.8 Å². The van der Waals surface area contributed by atoms with E-state index in [1.54, 1.807) is 20.8 Å². The minimum absolute atomic E-state index is 0.0417. The summed E-state index contributed by atoms with van der Waals surface area (Å²) >= 11 is 0. The smallest absolute Gasteiger partial charge is 0.311 e. The molecule has 0 aromatic carbocycles. The Morgan fingerprint density at radius 1 is 1.00 bits per heavy atom. The largest absolute Gasteiger partial charge is 0.463 e. The number of esters is 1. The van der Waals surface area contributed by atoms with E-state index in [1.807, 2.05) is 41.5 Å². The number of carbonyl (C=O) groups is 3. The van der Waals surface area contributed by atoms with Crippen molar-refractivity contribution in [2.24, 2.45) is 23.0 Å². The molecule has 33 heavy (non-hydrogen) atoms. The molecule has 10 nitrogen and oxygen atoms in total. The highest BCUT2D eigenvalue weighted by Crippen LogP contribution is 2.21. The lowest BCUT2D eigenvalue weighted by atomic mass is 9.91. The summed E-state index contributed by atoms with van der Waals surface area (Å²) in [5.41, 5.74) is 3.54. The van der Waals surface area contributed by atoms with E-state index in [-0.39, 0.29) is 42.8 Å². The SMILES string of the molecule is CCC(C)(C)C(=O)OCCO.CCC(C)C(=O)NC(C)(C)CS(=O)(=O)O.CCC(C)C(N)=O. The molecule has 2 atom stereocenters. The molecule has 0 aromatic heterocycles. The number of amides is 2. The van der Waals surface area contributed by atoms with E-state index >= 15 is 0 Å². The summed E-state index contributed by atoms with van der Waals surface area (Å²) in [5.74, 6) is -1.25. The van der Waals surface area contributed by atoms with Crippen LogP contribution in [0.3, 0.4) is 0 Å². The fourth-order valence-electron chi connectivity index (χ4n) is 1.81. The molecule has 5 N–H and O–H groups in total. The van der Waals surface area contributed by atoms with E-state index < -0.39 is 26.8 Å². The molecule has 0 heterocycles. The van der Waals surface area contributed by atoms with Gasteiger partial charge in [-0.2, -0.15) is 8.42 Å². The van der Waals surface area contributed by atoms with Gasteiger partial charge in [0.2, 0.25) is 11.8 Å². The Kier molecular flexibility index (Phi) is 18.3. The monoisotopic (exact) mass is 498 g/mol. The highest BCUT2D eigenvalue weighted by atomic mass is 32.2. The third-order valence-corrected chi connectivity index (χ3v) is 6.01. The molecule has 0 aliphatic carbocycles. The number of aliphatic hydroxyl groups excluding tert-OH is 1. The van der Waals surface area contributed by atoms with Crippen LogP contribution in [0.2, 0.25) is 0 Å². The first kappa shape index (κ1) is 35.9. The molecule has 198 valence electrons. The number of hydrogen-bond donors (Lipinski definition) is 4. The van der Waals surface area contributed by atoms with Gasteiger partial charge in [-0.1, -0.05) is 34.6 Å². The second-order valence-electron chi connectivity index (χ2n) is 9.22. The van der Waals surface area contributed by atoms with E-state index in [1.165, 1.54) is 0 Å². The van der Waals surface area contributed by atoms with Crippen molar-refractivity contribution in [3.63, 3.8) is 0 Å². The first-order valence-electron chi connectivity index (χ1n) is 11.1. The standard InChI is InChI=1S/C9H19NO4S.C8H16O3.C5H11NO/c1-5-7(2)8(11)10-9(3,4)6-15(12,13)14;1-4-8(2,3)7(10)11-6-5-9;1-3-4(2)5(6)7/h7H,5-6H2,1-4H3,(H,10,11)(H,12,13,14);9H,4-6H2,1-3H3;4H,3H2,1-2H3,(H2,6,7). The van der Waals surface area contributed by atoms with Crippen LogP contribution in [-0.4, -0.2) is 60.4 Å². The summed E-state index contributed by atoms with van der Waals surface area (Å²) in [4.78, 5) is 32.8. The molecule has 0 fully saturated rings. The van der Waals surface area contributed by atoms with E-state index in [4.69, 9.17) is 20.1 Å². The molecule has 11 heteroatoms. The third kappa shape index (κ3) is 20.6. The van der Waals surface area contributed by atoms with Crippen molar-refractivity contribution in [1.82, 2.24) is 5.32 Å². The van der Waals surface area contributed by atoms with Crippen LogP contribution in [0, 0.1) is 17.3 Å². The molecule has 0 aliphatic heterocycles. The molecular weight excluding hydrogens is 452 g/mol. The van der Waals surface area contributed by atoms with Crippen molar-refractivity contribution in [2.45, 2.75) is 87.1 Å². The second kappa shape index (κ2) is 16.8. The number of ether oxygens (including phenoxy) is 1. The number of aliphatic hydroxyl groups is 1. The Morgan fingerprint density at radius 2 is 1.45 bits per heavy atom. The number of nitrogens with two attached hydrogens (primary N) is 1. The molecule has 0 aromatic rings. The Labute approximate surface area is 199 Å². The maximum absolute atomic E-state index is 11.5. The zero-order valence-corrected chi connectivity index (χ0v) is 22.5. The normalized spacial score (nSPS) is 13.3. The van der Waals surface area contributed by atoms with Crippen LogP contribution < -0.4 is 11.1 Å². The van der Waals surface area contributed by atoms with Gasteiger partial charge < -0.3 is 20.9 Å². The van der Waals surface area contributed by atoms with Gasteiger partial charge in [0.05, 0.1) is 23.3 Å². The van der Waals surface area contributed by atoms with Gasteiger partial charge in [-0.05, 0) is 47.0 Å². The Bertz CT molecular complexity index is 691. The van der Waals surface area contributed by atoms with E-state index in [0.717, 1.165) is 12.8 Å². The van der Waals surface area contributed by atoms with Crippen molar-refractivity contribution >= 4 is 27.9 Å². The molecule has 0 rings (SSSR count). The van der Waals surface area contributed by atoms with Crippen LogP contribution in [0.15, 0.2) is 0 Å². The van der Waals surface area contributed by atoms with E-state index in [0.29, 0.717) is 6.42 Å². The van der Waals surface area contributed by atoms with Crippen molar-refractivity contribution in [1.29, 1.82) is 0 Å². The molecule has 0 aliphatic rings. The number of nitrogens with one attached hydrogen (secondary N) is 1. The van der Waals surface area contributed by atoms with Gasteiger partial charge in [0.1, 0.15) is 6.61 Å². The van der Waals surface area contributed by atoms with Gasteiger partial charge in [0.25, 0.3) is 10.1 Å². The van der Waals surface area contributed by atoms with Gasteiger partial charge in [0.15, 0.2) is 0 Å². The summed E-state index contributed by atoms with van der Waals surface area (Å²) in [6.07, 6.45) is 2.28. The van der Waals surface area contributed by atoms with Gasteiger partial charge in [-0.15, -0.1) is 0 Å². The lowest BCUT2D eigenvalue weighted by Gasteiger charge is -2.26. The van der Waals surface area contributed by atoms with Crippen LogP contribution in [0.1, 0.15) is 81.6 Å². The van der Waals surface area contributed by atoms with Gasteiger partial charge in [-0.25, -0.2) is 0 Å². The number of carbonyl (C=O) groups excluding carboxylic acids is 3. The molecule has 0 bridgehead atoms. The first-order chi connectivity index (χ1) is 14.8. The van der Waals surface area contributed by atoms with Crippen LogP contribution in [0.4, 0.5) is 0 Å². The molecule has 2 amide bonds. The predicted molar refractivity (Wildman–Crippen MR) is 129 cm³/mol. The van der Waals surface area contributed by atoms with Gasteiger partial charge >= 0.3 is 5.97 Å². The average molecular weight is 499 g/mol. The number of hydrogen-bond acceptors (Lipinski definition) is 7. The summed E-state index contributed by atoms with van der Waals surface area (Å²) < 4.78 is 34.8. The highest BCUT2D eigenvalue weighted by molar-refractivity contribution is 7.85. The Balaban J connectivity index is -0.000000439. The van der Waals surface area contributed by atoms with Crippen molar-refractivity contribution in [3.05, 3.63) is 0 Å². The van der Waals surface area contributed by atoms with Gasteiger partial charge in [-0.3, -0.25) is 18.9 Å². The molecule has 0 saturated carbocycles. The molecular formula is C22H46N2O8S. The maximum Gasteiger partial charge on any atom is 0.311 e. The lowest BCUT2D eigenvalue weighted by Crippen LogP contribution is -2.49. The fraction of sp³-hybridized carbons (Fsp3) is 0.864. The Morgan fingerprint density at radius 3 is 1.73 bits per heavy atom. The molecule has 0 saturated heterocycles. The molecule has 2 unspecified atom stereocenters. The van der Waals surface area contributed by atoms with Crippen LogP contribution in [0.25, 0.3) is 0 Å². The molecule has 0 spiro atoms. The van der Waals surface area contributed by atoms with Crippen molar-refractivity contribution in [2.75, 3.05) is 19.0 Å². The fourth-order valence-corrected chi connectivity index (χ4v) is 2.80. The van der Waals surface area contributed by atoms with E-state index in [9.17, 15) is 22.8 Å². The zero-order valence-electron chi connectivity index (χ0n) is 21.7. The Hall–Kier alpha value is -1.72. The van der Waals surface area contributed by atoms with Crippen LogP contribution in [0.5, 0.6) is 0 Å². The van der Waals surface area contributed by atoms with Crippen LogP contribution in [-0.2, 0) is 29.2 Å². The zero-order chi connectivity index (χ0) is 27.0. The topological polar surface area (TPSA) is 173 Å². The summed E-state index contributed by atoms with van der Waals surface area (Å²) in [5, 5.41) is 11.0. The predicted octanol–water partition coefficient (Wildman–Crippen LogP) is 2.29. The number of rotatable bonds is 11. The summed E-state index contributed by atoms with van der Waals surface area (Å²) in [6, 6.07) is 0. The second-order valence-corrected chi connectivity index (χ2v) is 10.7. The molecule has 0 radical (unpaired) electrons. The number of primary amides is 1. The summed E-state index contributed by atoms with van der Waals surface area (Å²) in [7, 11) is -4.07.